The number of para-hydroxylation sites is 1. The van der Waals surface area contributed by atoms with E-state index in [0.717, 1.165) is 18.7 Å². The number of piperidine rings is 1. The predicted octanol–water partition coefficient (Wildman–Crippen LogP) is 1.89. The molecule has 0 aromatic heterocycles. The SMILES string of the molecule is CN(C(N)=O)c1ccccc1CC1CCCCN1. The monoisotopic (exact) mass is 247 g/mol. The first kappa shape index (κ1) is 12.9. The molecule has 0 saturated carbocycles. The number of hydrogen-bond acceptors (Lipinski definition) is 2. The van der Waals surface area contributed by atoms with Crippen molar-refractivity contribution in [1.29, 1.82) is 0 Å². The molecule has 1 aromatic rings. The summed E-state index contributed by atoms with van der Waals surface area (Å²) in [6, 6.07) is 8.07. The summed E-state index contributed by atoms with van der Waals surface area (Å²) in [6.45, 7) is 1.10. The van der Waals surface area contributed by atoms with Gasteiger partial charge < -0.3 is 11.1 Å². The summed E-state index contributed by atoms with van der Waals surface area (Å²) in [7, 11) is 1.72. The molecule has 2 rings (SSSR count). The van der Waals surface area contributed by atoms with E-state index in [1.165, 1.54) is 29.7 Å². The second kappa shape index (κ2) is 5.87. The number of amides is 2. The first-order valence-electron chi connectivity index (χ1n) is 6.53. The summed E-state index contributed by atoms with van der Waals surface area (Å²) in [5.41, 5.74) is 7.43. The Balaban J connectivity index is 2.13. The van der Waals surface area contributed by atoms with E-state index in [1.54, 1.807) is 7.05 Å². The molecule has 4 nitrogen and oxygen atoms in total. The van der Waals surface area contributed by atoms with Crippen LogP contribution in [0.2, 0.25) is 0 Å². The average molecular weight is 247 g/mol. The molecular weight excluding hydrogens is 226 g/mol. The Morgan fingerprint density at radius 3 is 2.89 bits per heavy atom. The standard InChI is InChI=1S/C14H21N3O/c1-17(14(15)18)13-8-3-2-6-11(13)10-12-7-4-5-9-16-12/h2-3,6,8,12,16H,4-5,7,9-10H2,1H3,(H2,15,18). The number of nitrogens with one attached hydrogen (secondary N) is 1. The van der Waals surface area contributed by atoms with Crippen LogP contribution in [0.5, 0.6) is 0 Å². The maximum atomic E-state index is 11.3. The Bertz CT molecular complexity index is 413. The van der Waals surface area contributed by atoms with Gasteiger partial charge in [0.05, 0.1) is 0 Å². The van der Waals surface area contributed by atoms with Gasteiger partial charge in [-0.1, -0.05) is 24.6 Å². The zero-order chi connectivity index (χ0) is 13.0. The third-order valence-corrected chi connectivity index (χ3v) is 3.56. The Labute approximate surface area is 108 Å². The van der Waals surface area contributed by atoms with E-state index in [2.05, 4.69) is 11.4 Å². The van der Waals surface area contributed by atoms with Gasteiger partial charge in [-0.2, -0.15) is 0 Å². The molecule has 1 aliphatic rings. The largest absolute Gasteiger partial charge is 0.351 e. The third-order valence-electron chi connectivity index (χ3n) is 3.56. The van der Waals surface area contributed by atoms with Crippen LogP contribution in [-0.4, -0.2) is 25.7 Å². The normalized spacial score (nSPS) is 19.5. The van der Waals surface area contributed by atoms with Crippen molar-refractivity contribution in [1.82, 2.24) is 5.32 Å². The summed E-state index contributed by atoms with van der Waals surface area (Å²) < 4.78 is 0. The van der Waals surface area contributed by atoms with Crippen LogP contribution >= 0.6 is 0 Å². The van der Waals surface area contributed by atoms with E-state index < -0.39 is 6.03 Å². The van der Waals surface area contributed by atoms with E-state index in [4.69, 9.17) is 5.73 Å². The first-order valence-corrected chi connectivity index (χ1v) is 6.53. The summed E-state index contributed by atoms with van der Waals surface area (Å²) in [4.78, 5) is 12.8. The molecule has 1 unspecified atom stereocenters. The number of carbonyl (C=O) groups excluding carboxylic acids is 1. The molecular formula is C14H21N3O. The summed E-state index contributed by atoms with van der Waals surface area (Å²) in [6.07, 6.45) is 4.70. The Kier molecular flexibility index (Phi) is 4.20. The summed E-state index contributed by atoms with van der Waals surface area (Å²) in [5, 5.41) is 3.53. The molecule has 1 fully saturated rings. The minimum atomic E-state index is -0.418. The van der Waals surface area contributed by atoms with Crippen LogP contribution in [0.25, 0.3) is 0 Å². The lowest BCUT2D eigenvalue weighted by molar-refractivity contribution is 0.255. The number of rotatable bonds is 3. The number of primary amides is 1. The number of anilines is 1. The average Bonchev–Trinajstić information content (AvgIpc) is 2.39. The van der Waals surface area contributed by atoms with Crippen molar-refractivity contribution in [3.8, 4) is 0 Å². The van der Waals surface area contributed by atoms with Gasteiger partial charge in [0.1, 0.15) is 0 Å². The lowest BCUT2D eigenvalue weighted by Crippen LogP contribution is -2.37. The Morgan fingerprint density at radius 2 is 2.22 bits per heavy atom. The second-order valence-electron chi connectivity index (χ2n) is 4.88. The lowest BCUT2D eigenvalue weighted by Gasteiger charge is -2.26. The second-order valence-corrected chi connectivity index (χ2v) is 4.88. The van der Waals surface area contributed by atoms with Crippen molar-refractivity contribution in [3.63, 3.8) is 0 Å². The van der Waals surface area contributed by atoms with Gasteiger partial charge in [-0.05, 0) is 37.4 Å². The highest BCUT2D eigenvalue weighted by molar-refractivity contribution is 5.90. The molecule has 4 heteroatoms. The van der Waals surface area contributed by atoms with Crippen LogP contribution in [0.3, 0.4) is 0 Å². The minimum Gasteiger partial charge on any atom is -0.351 e. The van der Waals surface area contributed by atoms with Crippen molar-refractivity contribution in [2.45, 2.75) is 31.7 Å². The molecule has 0 aliphatic carbocycles. The van der Waals surface area contributed by atoms with Gasteiger partial charge in [-0.15, -0.1) is 0 Å². The van der Waals surface area contributed by atoms with Crippen molar-refractivity contribution in [2.75, 3.05) is 18.5 Å². The van der Waals surface area contributed by atoms with Gasteiger partial charge in [0.15, 0.2) is 0 Å². The topological polar surface area (TPSA) is 58.4 Å². The zero-order valence-electron chi connectivity index (χ0n) is 10.9. The summed E-state index contributed by atoms with van der Waals surface area (Å²) in [5.74, 6) is 0. The molecule has 3 N–H and O–H groups in total. The van der Waals surface area contributed by atoms with Crippen LogP contribution in [0.4, 0.5) is 10.5 Å². The van der Waals surface area contributed by atoms with Crippen molar-refractivity contribution < 1.29 is 4.79 Å². The van der Waals surface area contributed by atoms with Crippen LogP contribution in [0, 0.1) is 0 Å². The van der Waals surface area contributed by atoms with E-state index in [9.17, 15) is 4.79 Å². The zero-order valence-corrected chi connectivity index (χ0v) is 10.9. The van der Waals surface area contributed by atoms with Crippen LogP contribution in [0.15, 0.2) is 24.3 Å². The fraction of sp³-hybridized carbons (Fsp3) is 0.500. The molecule has 1 aliphatic heterocycles. The predicted molar refractivity (Wildman–Crippen MR) is 73.8 cm³/mol. The van der Waals surface area contributed by atoms with E-state index in [1.807, 2.05) is 18.2 Å². The number of nitrogens with two attached hydrogens (primary N) is 1. The van der Waals surface area contributed by atoms with Gasteiger partial charge in [0.2, 0.25) is 0 Å². The molecule has 2 amide bonds. The molecule has 0 bridgehead atoms. The molecule has 0 spiro atoms. The van der Waals surface area contributed by atoms with Crippen molar-refractivity contribution >= 4 is 11.7 Å². The van der Waals surface area contributed by atoms with Crippen LogP contribution in [0.1, 0.15) is 24.8 Å². The molecule has 1 atom stereocenters. The number of nitrogens with zero attached hydrogens (tertiary/aromatic N) is 1. The number of hydrogen-bond donors (Lipinski definition) is 2. The fourth-order valence-corrected chi connectivity index (χ4v) is 2.49. The minimum absolute atomic E-state index is 0.418. The smallest absolute Gasteiger partial charge is 0.319 e. The molecule has 98 valence electrons. The number of carbonyl (C=O) groups is 1. The van der Waals surface area contributed by atoms with E-state index >= 15 is 0 Å². The highest BCUT2D eigenvalue weighted by Crippen LogP contribution is 2.22. The number of urea groups is 1. The Morgan fingerprint density at radius 1 is 1.44 bits per heavy atom. The molecule has 18 heavy (non-hydrogen) atoms. The van der Waals surface area contributed by atoms with Crippen LogP contribution in [-0.2, 0) is 6.42 Å². The highest BCUT2D eigenvalue weighted by Gasteiger charge is 2.17. The van der Waals surface area contributed by atoms with E-state index in [0.29, 0.717) is 6.04 Å². The maximum absolute atomic E-state index is 11.3. The van der Waals surface area contributed by atoms with Gasteiger partial charge >= 0.3 is 6.03 Å². The van der Waals surface area contributed by atoms with E-state index in [-0.39, 0.29) is 0 Å². The molecule has 1 saturated heterocycles. The van der Waals surface area contributed by atoms with Gasteiger partial charge in [0.25, 0.3) is 0 Å². The van der Waals surface area contributed by atoms with Gasteiger partial charge in [0, 0.05) is 18.8 Å². The molecule has 1 aromatic carbocycles. The quantitative estimate of drug-likeness (QED) is 0.857. The Hall–Kier alpha value is -1.55. The van der Waals surface area contributed by atoms with Crippen molar-refractivity contribution in [3.05, 3.63) is 29.8 Å². The van der Waals surface area contributed by atoms with Gasteiger partial charge in [-0.3, -0.25) is 4.90 Å². The fourth-order valence-electron chi connectivity index (χ4n) is 2.49. The molecule has 1 heterocycles. The third kappa shape index (κ3) is 3.01. The molecule has 0 radical (unpaired) electrons. The summed E-state index contributed by atoms with van der Waals surface area (Å²) >= 11 is 0. The van der Waals surface area contributed by atoms with Crippen LogP contribution < -0.4 is 16.0 Å². The first-order chi connectivity index (χ1) is 8.68. The van der Waals surface area contributed by atoms with Gasteiger partial charge in [-0.25, -0.2) is 4.79 Å². The highest BCUT2D eigenvalue weighted by atomic mass is 16.2. The number of benzene rings is 1. The maximum Gasteiger partial charge on any atom is 0.319 e. The lowest BCUT2D eigenvalue weighted by atomic mass is 9.96. The van der Waals surface area contributed by atoms with Crippen molar-refractivity contribution in [2.24, 2.45) is 5.73 Å².